The van der Waals surface area contributed by atoms with E-state index in [-0.39, 0.29) is 18.0 Å². The number of hydrogen-bond donors (Lipinski definition) is 2. The molecule has 0 spiro atoms. The van der Waals surface area contributed by atoms with Crippen molar-refractivity contribution in [1.82, 2.24) is 10.6 Å². The zero-order chi connectivity index (χ0) is 14.3. The first-order valence-electron chi connectivity index (χ1n) is 6.85. The lowest BCUT2D eigenvalue weighted by molar-refractivity contribution is -0.121. The topological polar surface area (TPSA) is 41.1 Å². The Hall–Kier alpha value is -0.870. The molecular formula is C15H23BrN2O. The van der Waals surface area contributed by atoms with Crippen molar-refractivity contribution >= 4 is 21.8 Å². The maximum Gasteiger partial charge on any atom is 0.234 e. The fourth-order valence-electron chi connectivity index (χ4n) is 1.91. The van der Waals surface area contributed by atoms with Crippen LogP contribution in [0, 0.1) is 0 Å². The molecule has 0 saturated heterocycles. The largest absolute Gasteiger partial charge is 0.352 e. The number of hydrogen-bond acceptors (Lipinski definition) is 2. The number of halogens is 1. The van der Waals surface area contributed by atoms with Gasteiger partial charge in [-0.2, -0.15) is 0 Å². The first-order valence-corrected chi connectivity index (χ1v) is 7.64. The molecule has 0 unspecified atom stereocenters. The summed E-state index contributed by atoms with van der Waals surface area (Å²) >= 11 is 3.45. The Morgan fingerprint density at radius 2 is 2.00 bits per heavy atom. The summed E-state index contributed by atoms with van der Waals surface area (Å²) in [5.74, 6) is 0.0653. The minimum Gasteiger partial charge on any atom is -0.352 e. The highest BCUT2D eigenvalue weighted by atomic mass is 79.9. The molecule has 0 aliphatic carbocycles. The fraction of sp³-hybridized carbons (Fsp3) is 0.533. The van der Waals surface area contributed by atoms with Gasteiger partial charge in [0.2, 0.25) is 5.91 Å². The monoisotopic (exact) mass is 326 g/mol. The summed E-state index contributed by atoms with van der Waals surface area (Å²) < 4.78 is 1.06. The van der Waals surface area contributed by atoms with Crippen LogP contribution in [0.4, 0.5) is 0 Å². The molecule has 19 heavy (non-hydrogen) atoms. The third-order valence-corrected chi connectivity index (χ3v) is 3.76. The van der Waals surface area contributed by atoms with E-state index < -0.39 is 0 Å². The molecule has 0 aliphatic heterocycles. The van der Waals surface area contributed by atoms with Gasteiger partial charge < -0.3 is 10.6 Å². The van der Waals surface area contributed by atoms with Crippen LogP contribution in [-0.2, 0) is 4.79 Å². The Balaban J connectivity index is 2.41. The van der Waals surface area contributed by atoms with Gasteiger partial charge in [0.25, 0.3) is 0 Å². The van der Waals surface area contributed by atoms with Crippen molar-refractivity contribution in [1.29, 1.82) is 0 Å². The minimum atomic E-state index is 0.0653. The van der Waals surface area contributed by atoms with Crippen LogP contribution >= 0.6 is 15.9 Å². The zero-order valence-corrected chi connectivity index (χ0v) is 13.5. The molecule has 3 nitrogen and oxygen atoms in total. The lowest BCUT2D eigenvalue weighted by Crippen LogP contribution is -2.40. The van der Waals surface area contributed by atoms with Crippen molar-refractivity contribution in [2.75, 3.05) is 6.54 Å². The summed E-state index contributed by atoms with van der Waals surface area (Å²) in [6.45, 7) is 6.59. The first kappa shape index (κ1) is 16.2. The van der Waals surface area contributed by atoms with Gasteiger partial charge in [0.05, 0.1) is 6.54 Å². The molecule has 0 radical (unpaired) electrons. The summed E-state index contributed by atoms with van der Waals surface area (Å²) in [5, 5.41) is 6.27. The highest BCUT2D eigenvalue weighted by molar-refractivity contribution is 9.10. The van der Waals surface area contributed by atoms with E-state index in [4.69, 9.17) is 0 Å². The Labute approximate surface area is 124 Å². The average Bonchev–Trinajstić information content (AvgIpc) is 2.42. The van der Waals surface area contributed by atoms with Gasteiger partial charge in [-0.1, -0.05) is 41.9 Å². The number of rotatable bonds is 7. The standard InChI is InChI=1S/C15H23BrN2O/c1-4-14(5-2)18-15(19)10-17-11(3)12-7-6-8-13(16)9-12/h6-9,11,14,17H,4-5,10H2,1-3H3,(H,18,19)/t11-/m0/s1. The van der Waals surface area contributed by atoms with Gasteiger partial charge in [-0.15, -0.1) is 0 Å². The van der Waals surface area contributed by atoms with Crippen LogP contribution in [0.3, 0.4) is 0 Å². The van der Waals surface area contributed by atoms with E-state index >= 15 is 0 Å². The SMILES string of the molecule is CCC(CC)NC(=O)CN[C@@H](C)c1cccc(Br)c1. The summed E-state index contributed by atoms with van der Waals surface area (Å²) in [6, 6.07) is 8.57. The minimum absolute atomic E-state index is 0.0653. The molecule has 0 aromatic heterocycles. The van der Waals surface area contributed by atoms with E-state index in [0.29, 0.717) is 6.54 Å². The Kier molecular flexibility index (Phi) is 7.10. The molecule has 2 N–H and O–H groups in total. The van der Waals surface area contributed by atoms with Crippen LogP contribution in [0.15, 0.2) is 28.7 Å². The molecule has 1 aromatic carbocycles. The van der Waals surface area contributed by atoms with Crippen molar-refractivity contribution in [3.63, 3.8) is 0 Å². The zero-order valence-electron chi connectivity index (χ0n) is 11.9. The lowest BCUT2D eigenvalue weighted by atomic mass is 10.1. The number of carbonyl (C=O) groups is 1. The Morgan fingerprint density at radius 3 is 2.58 bits per heavy atom. The third kappa shape index (κ3) is 5.74. The molecule has 0 bridgehead atoms. The van der Waals surface area contributed by atoms with E-state index in [1.807, 2.05) is 12.1 Å². The molecule has 106 valence electrons. The van der Waals surface area contributed by atoms with E-state index in [1.165, 1.54) is 5.56 Å². The number of amides is 1. The van der Waals surface area contributed by atoms with Crippen molar-refractivity contribution < 1.29 is 4.79 Å². The fourth-order valence-corrected chi connectivity index (χ4v) is 2.33. The Morgan fingerprint density at radius 1 is 1.32 bits per heavy atom. The first-order chi connectivity index (χ1) is 9.06. The van der Waals surface area contributed by atoms with Gasteiger partial charge in [0.15, 0.2) is 0 Å². The van der Waals surface area contributed by atoms with E-state index in [2.05, 4.69) is 59.5 Å². The third-order valence-electron chi connectivity index (χ3n) is 3.27. The van der Waals surface area contributed by atoms with Crippen LogP contribution in [0.1, 0.15) is 45.2 Å². The smallest absolute Gasteiger partial charge is 0.234 e. The van der Waals surface area contributed by atoms with Gasteiger partial charge in [0, 0.05) is 16.6 Å². The molecular weight excluding hydrogens is 304 g/mol. The molecule has 1 rings (SSSR count). The van der Waals surface area contributed by atoms with Crippen LogP contribution < -0.4 is 10.6 Å². The normalized spacial score (nSPS) is 12.5. The van der Waals surface area contributed by atoms with Crippen molar-refractivity contribution in [3.05, 3.63) is 34.3 Å². The van der Waals surface area contributed by atoms with Crippen LogP contribution in [-0.4, -0.2) is 18.5 Å². The molecule has 1 aromatic rings. The van der Waals surface area contributed by atoms with Crippen LogP contribution in [0.2, 0.25) is 0 Å². The molecule has 1 atom stereocenters. The molecule has 0 saturated carbocycles. The molecule has 0 fully saturated rings. The molecule has 1 amide bonds. The molecule has 0 heterocycles. The average molecular weight is 327 g/mol. The maximum absolute atomic E-state index is 11.8. The second kappa shape index (κ2) is 8.33. The van der Waals surface area contributed by atoms with Crippen LogP contribution in [0.5, 0.6) is 0 Å². The van der Waals surface area contributed by atoms with Gasteiger partial charge >= 0.3 is 0 Å². The molecule has 4 heteroatoms. The summed E-state index contributed by atoms with van der Waals surface area (Å²) in [4.78, 5) is 11.8. The lowest BCUT2D eigenvalue weighted by Gasteiger charge is -2.17. The number of nitrogens with one attached hydrogen (secondary N) is 2. The Bertz CT molecular complexity index is 405. The number of carbonyl (C=O) groups excluding carboxylic acids is 1. The predicted octanol–water partition coefficient (Wildman–Crippen LogP) is 3.40. The summed E-state index contributed by atoms with van der Waals surface area (Å²) in [5.41, 5.74) is 1.17. The quantitative estimate of drug-likeness (QED) is 0.806. The van der Waals surface area contributed by atoms with Gasteiger partial charge in [-0.25, -0.2) is 0 Å². The van der Waals surface area contributed by atoms with E-state index in [1.54, 1.807) is 0 Å². The van der Waals surface area contributed by atoms with E-state index in [9.17, 15) is 4.79 Å². The molecule has 0 aliphatic rings. The second-order valence-electron chi connectivity index (χ2n) is 4.74. The summed E-state index contributed by atoms with van der Waals surface area (Å²) in [6.07, 6.45) is 1.95. The van der Waals surface area contributed by atoms with Gasteiger partial charge in [0.1, 0.15) is 0 Å². The highest BCUT2D eigenvalue weighted by Gasteiger charge is 2.10. The summed E-state index contributed by atoms with van der Waals surface area (Å²) in [7, 11) is 0. The van der Waals surface area contributed by atoms with Crippen molar-refractivity contribution in [3.8, 4) is 0 Å². The van der Waals surface area contributed by atoms with Crippen LogP contribution in [0.25, 0.3) is 0 Å². The number of benzene rings is 1. The second-order valence-corrected chi connectivity index (χ2v) is 5.65. The predicted molar refractivity (Wildman–Crippen MR) is 83.1 cm³/mol. The van der Waals surface area contributed by atoms with Gasteiger partial charge in [-0.05, 0) is 37.5 Å². The van der Waals surface area contributed by atoms with E-state index in [0.717, 1.165) is 17.3 Å². The van der Waals surface area contributed by atoms with Crippen molar-refractivity contribution in [2.45, 2.75) is 45.7 Å². The van der Waals surface area contributed by atoms with Gasteiger partial charge in [-0.3, -0.25) is 4.79 Å². The maximum atomic E-state index is 11.8. The highest BCUT2D eigenvalue weighted by Crippen LogP contribution is 2.17. The van der Waals surface area contributed by atoms with Crippen molar-refractivity contribution in [2.24, 2.45) is 0 Å².